The zero-order valence-corrected chi connectivity index (χ0v) is 14.8. The molecule has 0 aromatic heterocycles. The fourth-order valence-electron chi connectivity index (χ4n) is 3.13. The first-order valence-electron chi connectivity index (χ1n) is 9.10. The number of nitrogens with zero attached hydrogens (tertiary/aromatic N) is 1. The first-order chi connectivity index (χ1) is 11.7. The van der Waals surface area contributed by atoms with E-state index in [0.717, 1.165) is 5.69 Å². The van der Waals surface area contributed by atoms with Gasteiger partial charge in [-0.25, -0.2) is 4.79 Å². The van der Waals surface area contributed by atoms with Gasteiger partial charge in [0.05, 0.1) is 11.4 Å². The van der Waals surface area contributed by atoms with E-state index >= 15 is 0 Å². The minimum absolute atomic E-state index is 0.0769. The van der Waals surface area contributed by atoms with E-state index in [9.17, 15) is 9.59 Å². The lowest BCUT2D eigenvalue weighted by Gasteiger charge is -2.30. The molecule has 0 spiro atoms. The maximum absolute atomic E-state index is 12.4. The van der Waals surface area contributed by atoms with Crippen LogP contribution in [0.4, 0.5) is 16.2 Å². The number of hydrogen-bond donors (Lipinski definition) is 2. The number of rotatable bonds is 2. The number of benzene rings is 1. The molecule has 2 N–H and O–H groups in total. The minimum atomic E-state index is -0.178. The van der Waals surface area contributed by atoms with Crippen molar-refractivity contribution in [3.05, 3.63) is 24.3 Å². The van der Waals surface area contributed by atoms with Gasteiger partial charge in [-0.15, -0.1) is 0 Å². The molecular formula is C19H29N3O2. The Kier molecular flexibility index (Phi) is 7.09. The van der Waals surface area contributed by atoms with Crippen molar-refractivity contribution in [2.45, 2.75) is 52.4 Å². The van der Waals surface area contributed by atoms with Crippen LogP contribution in [0.15, 0.2) is 24.3 Å². The second-order valence-electron chi connectivity index (χ2n) is 6.55. The fraction of sp³-hybridized carbons (Fsp3) is 0.579. The normalized spacial score (nSPS) is 17.2. The van der Waals surface area contributed by atoms with E-state index in [0.29, 0.717) is 18.2 Å². The summed E-state index contributed by atoms with van der Waals surface area (Å²) in [7, 11) is 0. The van der Waals surface area contributed by atoms with Crippen LogP contribution in [0.1, 0.15) is 52.4 Å². The molecule has 0 saturated heterocycles. The highest BCUT2D eigenvalue weighted by atomic mass is 16.2. The van der Waals surface area contributed by atoms with Gasteiger partial charge in [-0.05, 0) is 30.9 Å². The molecular weight excluding hydrogens is 302 g/mol. The summed E-state index contributed by atoms with van der Waals surface area (Å²) < 4.78 is 0. The molecule has 1 fully saturated rings. The van der Waals surface area contributed by atoms with Crippen LogP contribution in [0, 0.1) is 5.92 Å². The van der Waals surface area contributed by atoms with Crippen molar-refractivity contribution in [2.75, 3.05) is 23.3 Å². The number of carbonyl (C=O) groups excluding carboxylic acids is 2. The molecule has 2 aliphatic rings. The third kappa shape index (κ3) is 4.98. The van der Waals surface area contributed by atoms with Gasteiger partial charge in [-0.3, -0.25) is 9.69 Å². The van der Waals surface area contributed by atoms with E-state index in [1.807, 2.05) is 24.3 Å². The van der Waals surface area contributed by atoms with Crippen LogP contribution < -0.4 is 15.5 Å². The maximum Gasteiger partial charge on any atom is 0.322 e. The van der Waals surface area contributed by atoms with E-state index in [1.165, 1.54) is 43.4 Å². The molecule has 5 nitrogen and oxygen atoms in total. The topological polar surface area (TPSA) is 61.4 Å². The number of carbonyl (C=O) groups is 2. The number of anilines is 2. The van der Waals surface area contributed by atoms with E-state index in [1.54, 1.807) is 0 Å². The van der Waals surface area contributed by atoms with E-state index < -0.39 is 0 Å². The second-order valence-corrected chi connectivity index (χ2v) is 6.55. The number of amides is 3. The molecule has 132 valence electrons. The van der Waals surface area contributed by atoms with Gasteiger partial charge in [0.15, 0.2) is 0 Å². The zero-order valence-electron chi connectivity index (χ0n) is 14.8. The Labute approximate surface area is 144 Å². The van der Waals surface area contributed by atoms with Crippen LogP contribution in [0.2, 0.25) is 0 Å². The number of nitrogens with one attached hydrogen (secondary N) is 2. The predicted octanol–water partition coefficient (Wildman–Crippen LogP) is 4.15. The Balaban J connectivity index is 0.000000647. The number of para-hydroxylation sites is 2. The third-order valence-corrected chi connectivity index (χ3v) is 4.28. The van der Waals surface area contributed by atoms with Crippen LogP contribution in [0.25, 0.3) is 0 Å². The van der Waals surface area contributed by atoms with Crippen molar-refractivity contribution in [1.82, 2.24) is 5.32 Å². The van der Waals surface area contributed by atoms with E-state index in [2.05, 4.69) is 24.5 Å². The average molecular weight is 331 g/mol. The third-order valence-electron chi connectivity index (χ3n) is 4.28. The predicted molar refractivity (Wildman–Crippen MR) is 98.4 cm³/mol. The summed E-state index contributed by atoms with van der Waals surface area (Å²) in [5.41, 5.74) is 1.46. The first kappa shape index (κ1) is 18.3. The van der Waals surface area contributed by atoms with Gasteiger partial charge in [0, 0.05) is 6.54 Å². The van der Waals surface area contributed by atoms with E-state index in [4.69, 9.17) is 0 Å². The smallest absolute Gasteiger partial charge is 0.322 e. The lowest BCUT2D eigenvalue weighted by atomic mass is 9.89. The van der Waals surface area contributed by atoms with Crippen LogP contribution in [0.5, 0.6) is 0 Å². The van der Waals surface area contributed by atoms with Crippen molar-refractivity contribution >= 4 is 23.3 Å². The molecule has 0 bridgehead atoms. The molecule has 1 aliphatic carbocycles. The van der Waals surface area contributed by atoms with E-state index in [-0.39, 0.29) is 18.5 Å². The molecule has 1 aromatic carbocycles. The zero-order chi connectivity index (χ0) is 17.4. The van der Waals surface area contributed by atoms with Crippen molar-refractivity contribution in [2.24, 2.45) is 5.92 Å². The fourth-order valence-corrected chi connectivity index (χ4v) is 3.13. The Hall–Kier alpha value is -2.04. The van der Waals surface area contributed by atoms with Crippen molar-refractivity contribution < 1.29 is 9.59 Å². The molecule has 24 heavy (non-hydrogen) atoms. The molecule has 0 atom stereocenters. The highest BCUT2D eigenvalue weighted by Crippen LogP contribution is 2.29. The van der Waals surface area contributed by atoms with Gasteiger partial charge in [0.1, 0.15) is 6.54 Å². The number of hydrogen-bond acceptors (Lipinski definition) is 2. The number of urea groups is 1. The SMILES string of the molecule is CCC.O=C1CN(C(=O)NCC2CCCCC2)c2ccccc2N1. The Morgan fingerprint density at radius 2 is 1.88 bits per heavy atom. The molecule has 0 unspecified atom stereocenters. The quantitative estimate of drug-likeness (QED) is 0.855. The Bertz CT molecular complexity index is 553. The maximum atomic E-state index is 12.4. The molecule has 1 aliphatic heterocycles. The Morgan fingerprint density at radius 3 is 2.58 bits per heavy atom. The summed E-state index contributed by atoms with van der Waals surface area (Å²) in [5.74, 6) is 0.429. The van der Waals surface area contributed by atoms with Crippen molar-refractivity contribution in [3.63, 3.8) is 0 Å². The summed E-state index contributed by atoms with van der Waals surface area (Å²) in [4.78, 5) is 25.6. The van der Waals surface area contributed by atoms with Crippen molar-refractivity contribution in [1.29, 1.82) is 0 Å². The highest BCUT2D eigenvalue weighted by molar-refractivity contribution is 6.09. The molecule has 3 amide bonds. The van der Waals surface area contributed by atoms with Gasteiger partial charge in [0.2, 0.25) is 5.91 Å². The molecule has 1 saturated carbocycles. The monoisotopic (exact) mass is 331 g/mol. The van der Waals surface area contributed by atoms with Gasteiger partial charge in [-0.1, -0.05) is 51.7 Å². The largest absolute Gasteiger partial charge is 0.337 e. The van der Waals surface area contributed by atoms with Crippen molar-refractivity contribution in [3.8, 4) is 0 Å². The van der Waals surface area contributed by atoms with Gasteiger partial charge in [-0.2, -0.15) is 0 Å². The summed E-state index contributed by atoms with van der Waals surface area (Å²) in [5, 5.41) is 5.78. The van der Waals surface area contributed by atoms with Gasteiger partial charge >= 0.3 is 6.03 Å². The summed E-state index contributed by atoms with van der Waals surface area (Å²) in [6.07, 6.45) is 7.46. The van der Waals surface area contributed by atoms with Crippen LogP contribution in [-0.4, -0.2) is 25.0 Å². The molecule has 0 radical (unpaired) electrons. The molecule has 1 aromatic rings. The van der Waals surface area contributed by atoms with Crippen LogP contribution in [-0.2, 0) is 4.79 Å². The van der Waals surface area contributed by atoms with Gasteiger partial charge in [0.25, 0.3) is 0 Å². The number of fused-ring (bicyclic) bond motifs is 1. The molecule has 1 heterocycles. The lowest BCUT2D eigenvalue weighted by Crippen LogP contribution is -2.48. The second kappa shape index (κ2) is 9.30. The average Bonchev–Trinajstić information content (AvgIpc) is 2.60. The summed E-state index contributed by atoms with van der Waals surface area (Å²) >= 11 is 0. The van der Waals surface area contributed by atoms with Crippen LogP contribution in [0.3, 0.4) is 0 Å². The lowest BCUT2D eigenvalue weighted by molar-refractivity contribution is -0.115. The highest BCUT2D eigenvalue weighted by Gasteiger charge is 2.27. The minimum Gasteiger partial charge on any atom is -0.337 e. The summed E-state index contributed by atoms with van der Waals surface area (Å²) in [6.45, 7) is 5.03. The van der Waals surface area contributed by atoms with Gasteiger partial charge < -0.3 is 10.6 Å². The first-order valence-corrected chi connectivity index (χ1v) is 9.10. The standard InChI is InChI=1S/C16H21N3O2.C3H8/c20-15-11-19(14-9-5-4-8-13(14)18-15)16(21)17-10-12-6-2-1-3-7-12;1-3-2/h4-5,8-9,12H,1-3,6-7,10-11H2,(H,17,21)(H,18,20);3H2,1-2H3. The Morgan fingerprint density at radius 1 is 1.21 bits per heavy atom. The molecule has 5 heteroatoms. The van der Waals surface area contributed by atoms with Crippen LogP contribution >= 0.6 is 0 Å². The molecule has 3 rings (SSSR count). The summed E-state index contributed by atoms with van der Waals surface area (Å²) in [6, 6.07) is 7.21.